The van der Waals surface area contributed by atoms with Gasteiger partial charge in [0.1, 0.15) is 5.76 Å². The monoisotopic (exact) mass is 258 g/mol. The molecule has 1 N–H and O–H groups in total. The summed E-state index contributed by atoms with van der Waals surface area (Å²) in [6, 6.07) is 10.2. The number of aliphatic hydroxyl groups excluding tert-OH is 1. The Labute approximate surface area is 109 Å². The highest BCUT2D eigenvalue weighted by Gasteiger charge is 2.13. The third kappa shape index (κ3) is 2.07. The molecule has 0 aliphatic carbocycles. The lowest BCUT2D eigenvalue weighted by Gasteiger charge is -2.07. The van der Waals surface area contributed by atoms with E-state index in [2.05, 4.69) is 17.5 Å². The highest BCUT2D eigenvalue weighted by atomic mass is 32.1. The molecule has 0 spiro atoms. The minimum atomic E-state index is -0.500. The van der Waals surface area contributed by atoms with Gasteiger partial charge in [-0.15, -0.1) is 11.3 Å². The number of aryl methyl sites for hydroxylation is 1. The first kappa shape index (κ1) is 11.5. The number of benzene rings is 1. The molecule has 3 heteroatoms. The summed E-state index contributed by atoms with van der Waals surface area (Å²) in [4.78, 5) is 0. The van der Waals surface area contributed by atoms with Crippen LogP contribution in [0.5, 0.6) is 0 Å². The topological polar surface area (TPSA) is 33.4 Å². The zero-order chi connectivity index (χ0) is 12.5. The smallest absolute Gasteiger partial charge is 0.101 e. The van der Waals surface area contributed by atoms with Gasteiger partial charge in [-0.2, -0.15) is 0 Å². The van der Waals surface area contributed by atoms with Crippen molar-refractivity contribution in [1.82, 2.24) is 0 Å². The molecule has 3 rings (SSSR count). The average molecular weight is 258 g/mol. The Kier molecular flexibility index (Phi) is 2.94. The van der Waals surface area contributed by atoms with E-state index in [0.29, 0.717) is 6.42 Å². The van der Waals surface area contributed by atoms with Crippen LogP contribution in [0, 0.1) is 6.92 Å². The first-order valence-electron chi connectivity index (χ1n) is 5.92. The van der Waals surface area contributed by atoms with Crippen LogP contribution in [0.15, 0.2) is 46.4 Å². The van der Waals surface area contributed by atoms with Crippen molar-refractivity contribution < 1.29 is 9.52 Å². The Balaban J connectivity index is 1.88. The van der Waals surface area contributed by atoms with E-state index in [1.54, 1.807) is 17.6 Å². The van der Waals surface area contributed by atoms with Crippen molar-refractivity contribution in [2.45, 2.75) is 19.4 Å². The summed E-state index contributed by atoms with van der Waals surface area (Å²) >= 11 is 1.72. The van der Waals surface area contributed by atoms with Gasteiger partial charge in [-0.3, -0.25) is 0 Å². The third-order valence-electron chi connectivity index (χ3n) is 3.11. The van der Waals surface area contributed by atoms with Crippen LogP contribution in [0.3, 0.4) is 0 Å². The minimum absolute atomic E-state index is 0.500. The molecule has 0 aliphatic heterocycles. The predicted octanol–water partition coefficient (Wildman–Crippen LogP) is 4.08. The van der Waals surface area contributed by atoms with Crippen LogP contribution in [-0.4, -0.2) is 5.11 Å². The Hall–Kier alpha value is -1.58. The Bertz CT molecular complexity index is 666. The highest BCUT2D eigenvalue weighted by Crippen LogP contribution is 2.29. The van der Waals surface area contributed by atoms with Gasteiger partial charge < -0.3 is 9.52 Å². The normalized spacial score (nSPS) is 13.0. The van der Waals surface area contributed by atoms with Gasteiger partial charge in [0.15, 0.2) is 0 Å². The van der Waals surface area contributed by atoms with Crippen molar-refractivity contribution in [3.63, 3.8) is 0 Å². The summed E-state index contributed by atoms with van der Waals surface area (Å²) < 4.78 is 6.50. The summed E-state index contributed by atoms with van der Waals surface area (Å²) in [7, 11) is 0. The van der Waals surface area contributed by atoms with Crippen molar-refractivity contribution in [3.8, 4) is 0 Å². The molecular weight excluding hydrogens is 244 g/mol. The number of fused-ring (bicyclic) bond motifs is 1. The van der Waals surface area contributed by atoms with E-state index < -0.39 is 6.10 Å². The standard InChI is InChI=1S/C15H14O2S/c1-10-6-11(8-17-10)14(16)7-12-9-18-15-5-3-2-4-13(12)15/h2-6,8-9,14,16H,7H2,1H3. The molecule has 3 aromatic rings. The zero-order valence-corrected chi connectivity index (χ0v) is 10.9. The Morgan fingerprint density at radius 1 is 1.33 bits per heavy atom. The van der Waals surface area contributed by atoms with Crippen LogP contribution in [0.25, 0.3) is 10.1 Å². The fourth-order valence-electron chi connectivity index (χ4n) is 2.16. The summed E-state index contributed by atoms with van der Waals surface area (Å²) in [5.74, 6) is 0.833. The molecule has 18 heavy (non-hydrogen) atoms. The molecule has 92 valence electrons. The van der Waals surface area contributed by atoms with E-state index in [-0.39, 0.29) is 0 Å². The maximum Gasteiger partial charge on any atom is 0.101 e. The van der Waals surface area contributed by atoms with E-state index >= 15 is 0 Å². The maximum atomic E-state index is 10.2. The quantitative estimate of drug-likeness (QED) is 0.768. The largest absolute Gasteiger partial charge is 0.469 e. The van der Waals surface area contributed by atoms with E-state index in [9.17, 15) is 5.11 Å². The van der Waals surface area contributed by atoms with Gasteiger partial charge in [0.05, 0.1) is 12.4 Å². The van der Waals surface area contributed by atoms with Gasteiger partial charge in [0.25, 0.3) is 0 Å². The molecule has 0 amide bonds. The summed E-state index contributed by atoms with van der Waals surface area (Å²) in [5.41, 5.74) is 2.05. The third-order valence-corrected chi connectivity index (χ3v) is 4.12. The maximum absolute atomic E-state index is 10.2. The second-order valence-electron chi connectivity index (χ2n) is 4.47. The number of thiophene rings is 1. The molecule has 0 bridgehead atoms. The fraction of sp³-hybridized carbons (Fsp3) is 0.200. The zero-order valence-electron chi connectivity index (χ0n) is 10.1. The van der Waals surface area contributed by atoms with E-state index in [4.69, 9.17) is 4.42 Å². The molecule has 2 nitrogen and oxygen atoms in total. The first-order valence-corrected chi connectivity index (χ1v) is 6.80. The number of hydrogen-bond acceptors (Lipinski definition) is 3. The van der Waals surface area contributed by atoms with Crippen molar-refractivity contribution >= 4 is 21.4 Å². The summed E-state index contributed by atoms with van der Waals surface area (Å²) in [6.45, 7) is 1.89. The van der Waals surface area contributed by atoms with E-state index in [1.165, 1.54) is 15.6 Å². The average Bonchev–Trinajstić information content (AvgIpc) is 2.97. The van der Waals surface area contributed by atoms with Crippen LogP contribution in [0.4, 0.5) is 0 Å². The van der Waals surface area contributed by atoms with Gasteiger partial charge in [0, 0.05) is 16.7 Å². The lowest BCUT2D eigenvalue weighted by atomic mass is 10.0. The molecular formula is C15H14O2S. The molecule has 1 unspecified atom stereocenters. The van der Waals surface area contributed by atoms with Crippen molar-refractivity contribution in [1.29, 1.82) is 0 Å². The molecule has 1 aromatic carbocycles. The molecule has 0 radical (unpaired) electrons. The first-order chi connectivity index (χ1) is 8.74. The molecule has 0 saturated heterocycles. The number of hydrogen-bond donors (Lipinski definition) is 1. The van der Waals surface area contributed by atoms with Crippen LogP contribution < -0.4 is 0 Å². The molecule has 1 atom stereocenters. The van der Waals surface area contributed by atoms with Crippen LogP contribution >= 0.6 is 11.3 Å². The highest BCUT2D eigenvalue weighted by molar-refractivity contribution is 7.17. The molecule has 0 saturated carbocycles. The van der Waals surface area contributed by atoms with Crippen molar-refractivity contribution in [2.24, 2.45) is 0 Å². The van der Waals surface area contributed by atoms with Crippen LogP contribution in [0.1, 0.15) is 23.0 Å². The minimum Gasteiger partial charge on any atom is -0.469 e. The molecule has 2 heterocycles. The van der Waals surface area contributed by atoms with E-state index in [0.717, 1.165) is 11.3 Å². The van der Waals surface area contributed by atoms with Crippen LogP contribution in [0.2, 0.25) is 0 Å². The lowest BCUT2D eigenvalue weighted by molar-refractivity contribution is 0.178. The lowest BCUT2D eigenvalue weighted by Crippen LogP contribution is -1.99. The summed E-state index contributed by atoms with van der Waals surface area (Å²) in [5, 5.41) is 13.6. The van der Waals surface area contributed by atoms with Gasteiger partial charge in [-0.05, 0) is 35.4 Å². The molecule has 2 aromatic heterocycles. The van der Waals surface area contributed by atoms with Crippen LogP contribution in [-0.2, 0) is 6.42 Å². The van der Waals surface area contributed by atoms with Gasteiger partial charge in [0.2, 0.25) is 0 Å². The second-order valence-corrected chi connectivity index (χ2v) is 5.38. The van der Waals surface area contributed by atoms with Gasteiger partial charge >= 0.3 is 0 Å². The van der Waals surface area contributed by atoms with E-state index in [1.807, 2.05) is 25.1 Å². The molecule has 0 fully saturated rings. The SMILES string of the molecule is Cc1cc(C(O)Cc2csc3ccccc23)co1. The van der Waals surface area contributed by atoms with Gasteiger partial charge in [-0.1, -0.05) is 18.2 Å². The summed E-state index contributed by atoms with van der Waals surface area (Å²) in [6.07, 6.45) is 1.76. The Morgan fingerprint density at radius 3 is 2.94 bits per heavy atom. The number of aliphatic hydroxyl groups is 1. The Morgan fingerprint density at radius 2 is 2.17 bits per heavy atom. The van der Waals surface area contributed by atoms with Crippen molar-refractivity contribution in [3.05, 3.63) is 58.9 Å². The van der Waals surface area contributed by atoms with Crippen molar-refractivity contribution in [2.75, 3.05) is 0 Å². The predicted molar refractivity (Wildman–Crippen MR) is 73.9 cm³/mol. The molecule has 0 aliphatic rings. The number of rotatable bonds is 3. The fourth-order valence-corrected chi connectivity index (χ4v) is 3.13. The number of furan rings is 1. The van der Waals surface area contributed by atoms with Gasteiger partial charge in [-0.25, -0.2) is 0 Å². The second kappa shape index (κ2) is 4.59.